The molecule has 25 heavy (non-hydrogen) atoms. The van der Waals surface area contributed by atoms with E-state index in [2.05, 4.69) is 6.07 Å². The Kier molecular flexibility index (Phi) is 3.90. The second kappa shape index (κ2) is 6.36. The molecule has 0 unspecified atom stereocenters. The number of pyridine rings is 2. The summed E-state index contributed by atoms with van der Waals surface area (Å²) in [6.45, 7) is 2.34. The van der Waals surface area contributed by atoms with Crippen molar-refractivity contribution >= 4 is 11.3 Å². The number of hydrogen-bond donors (Lipinski definition) is 0. The van der Waals surface area contributed by atoms with Gasteiger partial charge < -0.3 is 4.40 Å². The zero-order chi connectivity index (χ0) is 17.2. The molecule has 0 atom stereocenters. The molecule has 0 bridgehead atoms. The quantitative estimate of drug-likeness (QED) is 0.409. The standard InChI is InChI=1S/C22H19N2O/c1-17-9-5-7-13-23(17)16-21(25)22-20(18-10-3-2-4-11-18)15-19-12-6-8-14-24(19)22/h2-15H,16H2,1H3/q+1. The van der Waals surface area contributed by atoms with Crippen molar-refractivity contribution in [2.75, 3.05) is 0 Å². The summed E-state index contributed by atoms with van der Waals surface area (Å²) in [5.74, 6) is 0.101. The molecule has 0 saturated carbocycles. The van der Waals surface area contributed by atoms with Crippen molar-refractivity contribution in [1.82, 2.24) is 4.40 Å². The fourth-order valence-corrected chi connectivity index (χ4v) is 3.21. The van der Waals surface area contributed by atoms with Crippen LogP contribution in [0.2, 0.25) is 0 Å². The van der Waals surface area contributed by atoms with E-state index in [1.54, 1.807) is 0 Å². The Morgan fingerprint density at radius 3 is 2.52 bits per heavy atom. The fraction of sp³-hybridized carbons (Fsp3) is 0.0909. The van der Waals surface area contributed by atoms with Gasteiger partial charge in [-0.2, -0.15) is 4.57 Å². The second-order valence-corrected chi connectivity index (χ2v) is 6.16. The van der Waals surface area contributed by atoms with E-state index in [0.29, 0.717) is 6.54 Å². The van der Waals surface area contributed by atoms with Crippen LogP contribution in [-0.2, 0) is 6.54 Å². The summed E-state index contributed by atoms with van der Waals surface area (Å²) in [5.41, 5.74) is 4.87. The van der Waals surface area contributed by atoms with Gasteiger partial charge in [-0.1, -0.05) is 42.5 Å². The van der Waals surface area contributed by atoms with E-state index in [-0.39, 0.29) is 5.78 Å². The van der Waals surface area contributed by atoms with Gasteiger partial charge in [0.15, 0.2) is 11.9 Å². The van der Waals surface area contributed by atoms with Gasteiger partial charge in [-0.25, -0.2) is 0 Å². The molecule has 4 rings (SSSR count). The van der Waals surface area contributed by atoms with Crippen molar-refractivity contribution in [2.24, 2.45) is 0 Å². The molecule has 0 aliphatic rings. The first-order valence-electron chi connectivity index (χ1n) is 8.38. The number of hydrogen-bond acceptors (Lipinski definition) is 1. The topological polar surface area (TPSA) is 25.4 Å². The number of Topliss-reactive ketones (excluding diaryl/α,β-unsaturated/α-hetero) is 1. The molecule has 0 amide bonds. The minimum atomic E-state index is 0.101. The number of carbonyl (C=O) groups is 1. The van der Waals surface area contributed by atoms with Gasteiger partial charge >= 0.3 is 0 Å². The smallest absolute Gasteiger partial charge is 0.244 e. The molecule has 0 spiro atoms. The molecule has 1 aromatic carbocycles. The van der Waals surface area contributed by atoms with Crippen LogP contribution in [0.1, 0.15) is 16.2 Å². The summed E-state index contributed by atoms with van der Waals surface area (Å²) in [6.07, 6.45) is 3.91. The predicted molar refractivity (Wildman–Crippen MR) is 98.5 cm³/mol. The third kappa shape index (κ3) is 2.85. The Hall–Kier alpha value is -3.20. The number of carbonyl (C=O) groups excluding carboxylic acids is 1. The van der Waals surface area contributed by atoms with E-state index in [9.17, 15) is 4.79 Å². The van der Waals surface area contributed by atoms with Crippen LogP contribution in [0, 0.1) is 6.92 Å². The summed E-state index contributed by atoms with van der Waals surface area (Å²) >= 11 is 0. The molecule has 4 aromatic rings. The molecule has 0 aliphatic carbocycles. The average molecular weight is 327 g/mol. The summed E-state index contributed by atoms with van der Waals surface area (Å²) in [7, 11) is 0. The summed E-state index contributed by atoms with van der Waals surface area (Å²) < 4.78 is 3.98. The van der Waals surface area contributed by atoms with Gasteiger partial charge in [0.1, 0.15) is 5.69 Å². The first kappa shape index (κ1) is 15.3. The lowest BCUT2D eigenvalue weighted by molar-refractivity contribution is -0.689. The maximum Gasteiger partial charge on any atom is 0.244 e. The third-order valence-electron chi connectivity index (χ3n) is 4.51. The first-order valence-corrected chi connectivity index (χ1v) is 8.38. The lowest BCUT2D eigenvalue weighted by Gasteiger charge is -2.06. The highest BCUT2D eigenvalue weighted by Gasteiger charge is 2.22. The van der Waals surface area contributed by atoms with Crippen molar-refractivity contribution in [3.05, 3.63) is 96.6 Å². The monoisotopic (exact) mass is 327 g/mol. The number of nitrogens with zero attached hydrogens (tertiary/aromatic N) is 2. The zero-order valence-corrected chi connectivity index (χ0v) is 14.1. The number of ketones is 1. The minimum Gasteiger partial charge on any atom is -0.313 e. The zero-order valence-electron chi connectivity index (χ0n) is 14.1. The van der Waals surface area contributed by atoms with Crippen molar-refractivity contribution in [2.45, 2.75) is 13.5 Å². The van der Waals surface area contributed by atoms with Crippen LogP contribution in [0.25, 0.3) is 16.6 Å². The Balaban J connectivity index is 1.85. The normalized spacial score (nSPS) is 10.9. The van der Waals surface area contributed by atoms with Crippen LogP contribution in [-0.4, -0.2) is 10.2 Å². The number of aromatic nitrogens is 2. The molecule has 0 N–H and O–H groups in total. The summed E-state index contributed by atoms with van der Waals surface area (Å²) in [4.78, 5) is 13.2. The van der Waals surface area contributed by atoms with E-state index in [4.69, 9.17) is 0 Å². The number of aryl methyl sites for hydroxylation is 1. The third-order valence-corrected chi connectivity index (χ3v) is 4.51. The molecular weight excluding hydrogens is 308 g/mol. The van der Waals surface area contributed by atoms with Gasteiger partial charge in [-0.15, -0.1) is 0 Å². The van der Waals surface area contributed by atoms with Gasteiger partial charge in [0.05, 0.1) is 0 Å². The van der Waals surface area contributed by atoms with Crippen LogP contribution in [0.3, 0.4) is 0 Å². The number of rotatable bonds is 4. The summed E-state index contributed by atoms with van der Waals surface area (Å²) in [5, 5.41) is 0. The molecular formula is C22H19N2O+. The van der Waals surface area contributed by atoms with Crippen LogP contribution in [0.5, 0.6) is 0 Å². The minimum absolute atomic E-state index is 0.101. The van der Waals surface area contributed by atoms with Crippen molar-refractivity contribution in [1.29, 1.82) is 0 Å². The maximum absolute atomic E-state index is 13.2. The highest BCUT2D eigenvalue weighted by atomic mass is 16.1. The molecule has 3 nitrogen and oxygen atoms in total. The fourth-order valence-electron chi connectivity index (χ4n) is 3.21. The Labute approximate surface area is 146 Å². The molecule has 0 fully saturated rings. The Morgan fingerprint density at radius 1 is 0.960 bits per heavy atom. The SMILES string of the molecule is Cc1cccc[n+]1CC(=O)c1c(-c2ccccc2)cc2ccccn12. The number of fused-ring (bicyclic) bond motifs is 1. The second-order valence-electron chi connectivity index (χ2n) is 6.16. The molecule has 0 aliphatic heterocycles. The van der Waals surface area contributed by atoms with E-state index < -0.39 is 0 Å². The number of benzene rings is 1. The van der Waals surface area contributed by atoms with Gasteiger partial charge in [0.25, 0.3) is 0 Å². The highest BCUT2D eigenvalue weighted by molar-refractivity contribution is 6.02. The Morgan fingerprint density at radius 2 is 1.72 bits per heavy atom. The van der Waals surface area contributed by atoms with E-state index >= 15 is 0 Å². The summed E-state index contributed by atoms with van der Waals surface area (Å²) in [6, 6.07) is 24.1. The van der Waals surface area contributed by atoms with Crippen molar-refractivity contribution < 1.29 is 9.36 Å². The van der Waals surface area contributed by atoms with Crippen LogP contribution < -0.4 is 4.57 Å². The van der Waals surface area contributed by atoms with Gasteiger partial charge in [-0.3, -0.25) is 4.79 Å². The van der Waals surface area contributed by atoms with E-state index in [1.165, 1.54) is 0 Å². The van der Waals surface area contributed by atoms with Crippen LogP contribution >= 0.6 is 0 Å². The van der Waals surface area contributed by atoms with Gasteiger partial charge in [0.2, 0.25) is 12.3 Å². The predicted octanol–water partition coefficient (Wildman–Crippen LogP) is 4.09. The first-order chi connectivity index (χ1) is 12.2. The van der Waals surface area contributed by atoms with E-state index in [1.807, 2.05) is 95.0 Å². The molecule has 0 radical (unpaired) electrons. The lowest BCUT2D eigenvalue weighted by Crippen LogP contribution is -2.40. The van der Waals surface area contributed by atoms with Crippen molar-refractivity contribution in [3.8, 4) is 11.1 Å². The van der Waals surface area contributed by atoms with Crippen LogP contribution in [0.4, 0.5) is 0 Å². The van der Waals surface area contributed by atoms with Gasteiger partial charge in [-0.05, 0) is 23.8 Å². The molecule has 3 heterocycles. The molecule has 0 saturated heterocycles. The largest absolute Gasteiger partial charge is 0.313 e. The Bertz CT molecular complexity index is 1050. The van der Waals surface area contributed by atoms with Gasteiger partial charge in [0, 0.05) is 36.3 Å². The van der Waals surface area contributed by atoms with Crippen molar-refractivity contribution in [3.63, 3.8) is 0 Å². The molecule has 3 aromatic heterocycles. The van der Waals surface area contributed by atoms with E-state index in [0.717, 1.165) is 28.0 Å². The highest BCUT2D eigenvalue weighted by Crippen LogP contribution is 2.28. The molecule has 122 valence electrons. The van der Waals surface area contributed by atoms with Crippen LogP contribution in [0.15, 0.2) is 85.2 Å². The average Bonchev–Trinajstić information content (AvgIpc) is 3.04. The molecule has 3 heteroatoms. The maximum atomic E-state index is 13.2. The lowest BCUT2D eigenvalue weighted by atomic mass is 10.0.